The smallest absolute Gasteiger partial charge is 0.252 e. The van der Waals surface area contributed by atoms with Crippen LogP contribution in [0.5, 0.6) is 0 Å². The van der Waals surface area contributed by atoms with Gasteiger partial charge in [0.1, 0.15) is 5.82 Å². The molecule has 0 spiro atoms. The van der Waals surface area contributed by atoms with Crippen molar-refractivity contribution >= 4 is 34.3 Å². The number of hydrogen-bond donors (Lipinski definition) is 2. The molecule has 0 aliphatic rings. The van der Waals surface area contributed by atoms with E-state index in [1.807, 2.05) is 25.1 Å². The Hall–Kier alpha value is -1.57. The van der Waals surface area contributed by atoms with Crippen molar-refractivity contribution in [1.82, 2.24) is 15.1 Å². The van der Waals surface area contributed by atoms with Crippen LogP contribution in [-0.4, -0.2) is 15.7 Å². The second-order valence-electron chi connectivity index (χ2n) is 4.30. The lowest BCUT2D eigenvalue weighted by molar-refractivity contribution is 0.0950. The average molecular weight is 370 g/mol. The summed E-state index contributed by atoms with van der Waals surface area (Å²) in [6, 6.07) is 5.68. The van der Waals surface area contributed by atoms with Gasteiger partial charge in [-0.1, -0.05) is 12.1 Å². The maximum atomic E-state index is 12.1. The fourth-order valence-corrected chi connectivity index (χ4v) is 2.33. The second kappa shape index (κ2) is 5.60. The summed E-state index contributed by atoms with van der Waals surface area (Å²) in [6.45, 7) is 2.36. The molecule has 0 bridgehead atoms. The molecular weight excluding hydrogens is 355 g/mol. The van der Waals surface area contributed by atoms with Crippen LogP contribution in [-0.2, 0) is 13.6 Å². The average Bonchev–Trinajstić information content (AvgIpc) is 2.70. The number of rotatable bonds is 3. The lowest BCUT2D eigenvalue weighted by Crippen LogP contribution is -2.24. The number of aryl methyl sites for hydroxylation is 2. The van der Waals surface area contributed by atoms with E-state index in [-0.39, 0.29) is 5.91 Å². The molecule has 0 saturated carbocycles. The summed E-state index contributed by atoms with van der Waals surface area (Å²) >= 11 is 2.18. The van der Waals surface area contributed by atoms with Gasteiger partial charge < -0.3 is 11.1 Å². The van der Waals surface area contributed by atoms with E-state index in [0.717, 1.165) is 14.7 Å². The van der Waals surface area contributed by atoms with Crippen LogP contribution in [0.2, 0.25) is 0 Å². The highest BCUT2D eigenvalue weighted by atomic mass is 127. The highest BCUT2D eigenvalue weighted by Crippen LogP contribution is 2.17. The van der Waals surface area contributed by atoms with Crippen LogP contribution in [0.15, 0.2) is 24.4 Å². The van der Waals surface area contributed by atoms with Gasteiger partial charge in [-0.15, -0.1) is 0 Å². The summed E-state index contributed by atoms with van der Waals surface area (Å²) < 4.78 is 2.55. The Bertz CT molecular complexity index is 621. The summed E-state index contributed by atoms with van der Waals surface area (Å²) in [5.41, 5.74) is 8.42. The first-order valence-electron chi connectivity index (χ1n) is 5.80. The number of aromatic nitrogens is 2. The number of nitrogens with one attached hydrogen (secondary N) is 1. The predicted octanol–water partition coefficient (Wildman–Crippen LogP) is 1.85. The van der Waals surface area contributed by atoms with E-state index in [0.29, 0.717) is 17.9 Å². The van der Waals surface area contributed by atoms with Crippen LogP contribution in [0.4, 0.5) is 5.82 Å². The molecule has 1 amide bonds. The maximum absolute atomic E-state index is 12.1. The van der Waals surface area contributed by atoms with Gasteiger partial charge in [0.2, 0.25) is 0 Å². The molecule has 0 unspecified atom stereocenters. The number of nitrogen functional groups attached to an aromatic ring is 1. The van der Waals surface area contributed by atoms with Gasteiger partial charge in [-0.25, -0.2) is 0 Å². The van der Waals surface area contributed by atoms with Crippen molar-refractivity contribution in [2.45, 2.75) is 13.5 Å². The number of benzene rings is 1. The first-order valence-corrected chi connectivity index (χ1v) is 6.88. The zero-order valence-electron chi connectivity index (χ0n) is 10.8. The van der Waals surface area contributed by atoms with Crippen LogP contribution in [0.25, 0.3) is 0 Å². The van der Waals surface area contributed by atoms with Crippen LogP contribution in [0.3, 0.4) is 0 Å². The van der Waals surface area contributed by atoms with Crippen molar-refractivity contribution in [3.05, 3.63) is 44.7 Å². The van der Waals surface area contributed by atoms with Gasteiger partial charge in [0.25, 0.3) is 5.91 Å². The molecular formula is C13H15IN4O. The molecule has 1 aromatic heterocycles. The molecule has 100 valence electrons. The zero-order valence-corrected chi connectivity index (χ0v) is 12.9. The Labute approximate surface area is 125 Å². The fraction of sp³-hybridized carbons (Fsp3) is 0.231. The number of nitrogens with zero attached hydrogens (tertiary/aromatic N) is 2. The Morgan fingerprint density at radius 1 is 1.53 bits per heavy atom. The molecule has 0 aliphatic heterocycles. The third-order valence-electron chi connectivity index (χ3n) is 2.94. The zero-order chi connectivity index (χ0) is 14.0. The molecule has 0 fully saturated rings. The fourth-order valence-electron chi connectivity index (χ4n) is 1.72. The normalized spacial score (nSPS) is 10.5. The minimum atomic E-state index is -0.101. The van der Waals surface area contributed by atoms with Crippen molar-refractivity contribution in [2.24, 2.45) is 7.05 Å². The van der Waals surface area contributed by atoms with E-state index >= 15 is 0 Å². The Morgan fingerprint density at radius 3 is 2.89 bits per heavy atom. The summed E-state index contributed by atoms with van der Waals surface area (Å²) in [5, 5.41) is 6.90. The molecule has 2 aromatic rings. The third-order valence-corrected chi connectivity index (χ3v) is 4.37. The Kier molecular flexibility index (Phi) is 4.08. The predicted molar refractivity (Wildman–Crippen MR) is 82.7 cm³/mol. The lowest BCUT2D eigenvalue weighted by atomic mass is 10.1. The Morgan fingerprint density at radius 2 is 2.26 bits per heavy atom. The molecule has 2 rings (SSSR count). The molecule has 0 aliphatic carbocycles. The Balaban J connectivity index is 2.10. The number of carbonyl (C=O) groups is 1. The topological polar surface area (TPSA) is 72.9 Å². The molecule has 19 heavy (non-hydrogen) atoms. The number of carbonyl (C=O) groups excluding carboxylic acids is 1. The van der Waals surface area contributed by atoms with Gasteiger partial charge >= 0.3 is 0 Å². The van der Waals surface area contributed by atoms with Crippen molar-refractivity contribution in [1.29, 1.82) is 0 Å². The highest BCUT2D eigenvalue weighted by Gasteiger charge is 2.12. The largest absolute Gasteiger partial charge is 0.384 e. The van der Waals surface area contributed by atoms with Gasteiger partial charge in [0, 0.05) is 22.7 Å². The van der Waals surface area contributed by atoms with Gasteiger partial charge in [0.15, 0.2) is 0 Å². The van der Waals surface area contributed by atoms with Gasteiger partial charge in [-0.05, 0) is 41.1 Å². The van der Waals surface area contributed by atoms with Crippen molar-refractivity contribution < 1.29 is 4.79 Å². The number of hydrogen-bond acceptors (Lipinski definition) is 3. The van der Waals surface area contributed by atoms with E-state index in [1.54, 1.807) is 17.9 Å². The van der Waals surface area contributed by atoms with Crippen molar-refractivity contribution in [3.8, 4) is 0 Å². The third kappa shape index (κ3) is 2.89. The summed E-state index contributed by atoms with van der Waals surface area (Å²) in [6.07, 6.45) is 1.66. The van der Waals surface area contributed by atoms with E-state index < -0.39 is 0 Å². The summed E-state index contributed by atoms with van der Waals surface area (Å²) in [7, 11) is 1.77. The second-order valence-corrected chi connectivity index (χ2v) is 5.38. The standard InChI is InChI=1S/C13H15IN4O/c1-8-4-3-5-10(11(8)14)13(19)16-6-9-7-17-18(2)12(9)15/h3-5,7H,6,15H2,1-2H3,(H,16,19). The maximum Gasteiger partial charge on any atom is 0.252 e. The molecule has 6 heteroatoms. The van der Waals surface area contributed by atoms with Crippen LogP contribution in [0, 0.1) is 10.5 Å². The van der Waals surface area contributed by atoms with Gasteiger partial charge in [-0.3, -0.25) is 9.48 Å². The monoisotopic (exact) mass is 370 g/mol. The van der Waals surface area contributed by atoms with E-state index in [4.69, 9.17) is 5.73 Å². The minimum Gasteiger partial charge on any atom is -0.384 e. The van der Waals surface area contributed by atoms with Gasteiger partial charge in [-0.2, -0.15) is 5.10 Å². The lowest BCUT2D eigenvalue weighted by Gasteiger charge is -2.08. The number of halogens is 1. The van der Waals surface area contributed by atoms with Crippen molar-refractivity contribution in [2.75, 3.05) is 5.73 Å². The molecule has 0 radical (unpaired) electrons. The summed E-state index contributed by atoms with van der Waals surface area (Å²) in [4.78, 5) is 12.1. The molecule has 3 N–H and O–H groups in total. The molecule has 1 aromatic carbocycles. The van der Waals surface area contributed by atoms with E-state index in [9.17, 15) is 4.79 Å². The van der Waals surface area contributed by atoms with Crippen LogP contribution >= 0.6 is 22.6 Å². The molecule has 1 heterocycles. The van der Waals surface area contributed by atoms with E-state index in [1.165, 1.54) is 0 Å². The van der Waals surface area contributed by atoms with E-state index in [2.05, 4.69) is 33.0 Å². The number of anilines is 1. The quantitative estimate of drug-likeness (QED) is 0.810. The highest BCUT2D eigenvalue weighted by molar-refractivity contribution is 14.1. The SMILES string of the molecule is Cc1cccc(C(=O)NCc2cnn(C)c2N)c1I. The first kappa shape index (κ1) is 13.9. The molecule has 0 atom stereocenters. The number of amides is 1. The van der Waals surface area contributed by atoms with Crippen molar-refractivity contribution in [3.63, 3.8) is 0 Å². The molecule has 5 nitrogen and oxygen atoms in total. The van der Waals surface area contributed by atoms with Gasteiger partial charge in [0.05, 0.1) is 11.8 Å². The minimum absolute atomic E-state index is 0.101. The van der Waals surface area contributed by atoms with Crippen LogP contribution in [0.1, 0.15) is 21.5 Å². The number of nitrogens with two attached hydrogens (primary N) is 1. The van der Waals surface area contributed by atoms with Crippen LogP contribution < -0.4 is 11.1 Å². The summed E-state index contributed by atoms with van der Waals surface area (Å²) in [5.74, 6) is 0.468. The first-order chi connectivity index (χ1) is 9.00. The molecule has 0 saturated heterocycles.